The molecule has 0 atom stereocenters. The van der Waals surface area contributed by atoms with E-state index in [0.717, 1.165) is 5.56 Å². The molecule has 126 valence electrons. The number of benzene rings is 2. The van der Waals surface area contributed by atoms with E-state index in [0.29, 0.717) is 34.3 Å². The summed E-state index contributed by atoms with van der Waals surface area (Å²) in [7, 11) is 0. The second-order valence-electron chi connectivity index (χ2n) is 5.09. The molecule has 24 heavy (non-hydrogen) atoms. The number of aryl methyl sites for hydroxylation is 1. The van der Waals surface area contributed by atoms with Gasteiger partial charge >= 0.3 is 5.97 Å². The van der Waals surface area contributed by atoms with Crippen LogP contribution in [-0.4, -0.2) is 18.5 Å². The second-order valence-corrected chi connectivity index (χ2v) is 5.93. The number of rotatable bonds is 6. The molecule has 6 heteroatoms. The molecule has 1 amide bonds. The van der Waals surface area contributed by atoms with E-state index in [1.165, 1.54) is 0 Å². The first kappa shape index (κ1) is 18.3. The van der Waals surface area contributed by atoms with Gasteiger partial charge in [0.25, 0.3) is 0 Å². The molecule has 0 aromatic heterocycles. The van der Waals surface area contributed by atoms with E-state index < -0.39 is 5.97 Å². The highest BCUT2D eigenvalue weighted by atomic mass is 35.5. The Morgan fingerprint density at radius 1 is 1.12 bits per heavy atom. The predicted molar refractivity (Wildman–Crippen MR) is 95.8 cm³/mol. The Hall–Kier alpha value is -2.04. The summed E-state index contributed by atoms with van der Waals surface area (Å²) < 4.78 is 4.94. The Kier molecular flexibility index (Phi) is 6.64. The number of hydrogen-bond acceptors (Lipinski definition) is 3. The van der Waals surface area contributed by atoms with E-state index in [9.17, 15) is 9.59 Å². The maximum atomic E-state index is 12.1. The minimum absolute atomic E-state index is 0.165. The molecule has 0 heterocycles. The van der Waals surface area contributed by atoms with Gasteiger partial charge in [-0.1, -0.05) is 35.3 Å². The average molecular weight is 366 g/mol. The SMILES string of the molecule is CCOC(=O)c1cccc(NC(=O)CCc2ccc(Cl)cc2Cl)c1. The zero-order valence-corrected chi connectivity index (χ0v) is 14.7. The van der Waals surface area contributed by atoms with E-state index >= 15 is 0 Å². The molecule has 0 saturated heterocycles. The maximum absolute atomic E-state index is 12.1. The smallest absolute Gasteiger partial charge is 0.338 e. The third kappa shape index (κ3) is 5.25. The van der Waals surface area contributed by atoms with Crippen LogP contribution in [0, 0.1) is 0 Å². The van der Waals surface area contributed by atoms with Gasteiger partial charge in [0, 0.05) is 22.2 Å². The third-order valence-electron chi connectivity index (χ3n) is 3.29. The first-order valence-corrected chi connectivity index (χ1v) is 8.26. The van der Waals surface area contributed by atoms with Crippen LogP contribution in [0.1, 0.15) is 29.3 Å². The lowest BCUT2D eigenvalue weighted by Gasteiger charge is -2.08. The van der Waals surface area contributed by atoms with Gasteiger partial charge in [-0.05, 0) is 49.2 Å². The van der Waals surface area contributed by atoms with Crippen LogP contribution in [-0.2, 0) is 16.0 Å². The minimum Gasteiger partial charge on any atom is -0.462 e. The molecule has 0 saturated carbocycles. The number of ether oxygens (including phenoxy) is 1. The normalized spacial score (nSPS) is 10.3. The molecule has 0 unspecified atom stereocenters. The molecule has 1 N–H and O–H groups in total. The summed E-state index contributed by atoms with van der Waals surface area (Å²) in [6, 6.07) is 11.8. The van der Waals surface area contributed by atoms with Gasteiger partial charge in [-0.15, -0.1) is 0 Å². The van der Waals surface area contributed by atoms with Crippen molar-refractivity contribution in [1.82, 2.24) is 0 Å². The molecule has 0 radical (unpaired) electrons. The molecule has 0 fully saturated rings. The van der Waals surface area contributed by atoms with Crippen LogP contribution in [0.25, 0.3) is 0 Å². The van der Waals surface area contributed by atoms with Crippen molar-refractivity contribution in [2.45, 2.75) is 19.8 Å². The number of carbonyl (C=O) groups excluding carboxylic acids is 2. The van der Waals surface area contributed by atoms with Crippen LogP contribution in [0.3, 0.4) is 0 Å². The van der Waals surface area contributed by atoms with Gasteiger partial charge in [0.2, 0.25) is 5.91 Å². The van der Waals surface area contributed by atoms with Gasteiger partial charge in [-0.3, -0.25) is 4.79 Å². The molecule has 2 aromatic carbocycles. The summed E-state index contributed by atoms with van der Waals surface area (Å²) in [4.78, 5) is 23.8. The fourth-order valence-corrected chi connectivity index (χ4v) is 2.64. The molecular weight excluding hydrogens is 349 g/mol. The predicted octanol–water partition coefficient (Wildman–Crippen LogP) is 4.74. The summed E-state index contributed by atoms with van der Waals surface area (Å²) in [5, 5.41) is 3.87. The Bertz CT molecular complexity index is 747. The van der Waals surface area contributed by atoms with Crippen molar-refractivity contribution < 1.29 is 14.3 Å². The van der Waals surface area contributed by atoms with E-state index in [2.05, 4.69) is 5.32 Å². The summed E-state index contributed by atoms with van der Waals surface area (Å²) in [5.41, 5.74) is 1.81. The highest BCUT2D eigenvalue weighted by molar-refractivity contribution is 6.35. The number of halogens is 2. The van der Waals surface area contributed by atoms with Crippen molar-refractivity contribution in [1.29, 1.82) is 0 Å². The fraction of sp³-hybridized carbons (Fsp3) is 0.222. The van der Waals surface area contributed by atoms with E-state index in [-0.39, 0.29) is 12.3 Å². The zero-order valence-electron chi connectivity index (χ0n) is 13.1. The highest BCUT2D eigenvalue weighted by Gasteiger charge is 2.09. The monoisotopic (exact) mass is 365 g/mol. The number of hydrogen-bond donors (Lipinski definition) is 1. The van der Waals surface area contributed by atoms with Crippen LogP contribution in [0.15, 0.2) is 42.5 Å². The molecule has 0 spiro atoms. The van der Waals surface area contributed by atoms with Crippen LogP contribution in [0.4, 0.5) is 5.69 Å². The summed E-state index contributed by atoms with van der Waals surface area (Å²) in [6.07, 6.45) is 0.768. The van der Waals surface area contributed by atoms with Gasteiger partial charge in [-0.2, -0.15) is 0 Å². The van der Waals surface area contributed by atoms with Gasteiger partial charge in [0.05, 0.1) is 12.2 Å². The largest absolute Gasteiger partial charge is 0.462 e. The van der Waals surface area contributed by atoms with Crippen molar-refractivity contribution in [2.24, 2.45) is 0 Å². The number of amides is 1. The number of anilines is 1. The molecule has 0 bridgehead atoms. The first-order valence-electron chi connectivity index (χ1n) is 7.50. The Morgan fingerprint density at radius 3 is 2.62 bits per heavy atom. The van der Waals surface area contributed by atoms with Crippen molar-refractivity contribution in [2.75, 3.05) is 11.9 Å². The van der Waals surface area contributed by atoms with Crippen LogP contribution < -0.4 is 5.32 Å². The minimum atomic E-state index is -0.415. The lowest BCUT2D eigenvalue weighted by Crippen LogP contribution is -2.13. The van der Waals surface area contributed by atoms with Crippen LogP contribution in [0.5, 0.6) is 0 Å². The standard InChI is InChI=1S/C18H17Cl2NO3/c1-2-24-18(23)13-4-3-5-15(10-13)21-17(22)9-7-12-6-8-14(19)11-16(12)20/h3-6,8,10-11H,2,7,9H2,1H3,(H,21,22). The summed E-state index contributed by atoms with van der Waals surface area (Å²) in [6.45, 7) is 2.04. The van der Waals surface area contributed by atoms with Gasteiger partial charge in [0.15, 0.2) is 0 Å². The zero-order chi connectivity index (χ0) is 17.5. The van der Waals surface area contributed by atoms with Crippen LogP contribution >= 0.6 is 23.2 Å². The van der Waals surface area contributed by atoms with Gasteiger partial charge < -0.3 is 10.1 Å². The van der Waals surface area contributed by atoms with Crippen molar-refractivity contribution in [3.8, 4) is 0 Å². The first-order chi connectivity index (χ1) is 11.5. The quantitative estimate of drug-likeness (QED) is 0.752. The van der Waals surface area contributed by atoms with Gasteiger partial charge in [-0.25, -0.2) is 4.79 Å². The Morgan fingerprint density at radius 2 is 1.92 bits per heavy atom. The Labute approximate surface area is 150 Å². The third-order valence-corrected chi connectivity index (χ3v) is 3.88. The average Bonchev–Trinajstić information content (AvgIpc) is 2.54. The Balaban J connectivity index is 1.95. The second kappa shape index (κ2) is 8.71. The molecule has 2 rings (SSSR count). The lowest BCUT2D eigenvalue weighted by molar-refractivity contribution is -0.116. The van der Waals surface area contributed by atoms with E-state index in [1.807, 2.05) is 0 Å². The molecule has 4 nitrogen and oxygen atoms in total. The maximum Gasteiger partial charge on any atom is 0.338 e. The highest BCUT2D eigenvalue weighted by Crippen LogP contribution is 2.22. The number of nitrogens with one attached hydrogen (secondary N) is 1. The number of esters is 1. The van der Waals surface area contributed by atoms with Crippen molar-refractivity contribution in [3.63, 3.8) is 0 Å². The molecule has 0 aliphatic heterocycles. The van der Waals surface area contributed by atoms with Crippen molar-refractivity contribution in [3.05, 3.63) is 63.6 Å². The lowest BCUT2D eigenvalue weighted by atomic mass is 10.1. The summed E-state index contributed by atoms with van der Waals surface area (Å²) >= 11 is 11.9. The number of carbonyl (C=O) groups is 2. The molecule has 0 aliphatic carbocycles. The molecule has 0 aliphatic rings. The fourth-order valence-electron chi connectivity index (χ4n) is 2.13. The van der Waals surface area contributed by atoms with E-state index in [1.54, 1.807) is 49.4 Å². The summed E-state index contributed by atoms with van der Waals surface area (Å²) in [5.74, 6) is -0.580. The topological polar surface area (TPSA) is 55.4 Å². The molecular formula is C18H17Cl2NO3. The van der Waals surface area contributed by atoms with Gasteiger partial charge in [0.1, 0.15) is 0 Å². The van der Waals surface area contributed by atoms with E-state index in [4.69, 9.17) is 27.9 Å². The van der Waals surface area contributed by atoms with Crippen molar-refractivity contribution >= 4 is 40.8 Å². The molecule has 2 aromatic rings. The van der Waals surface area contributed by atoms with Crippen LogP contribution in [0.2, 0.25) is 10.0 Å².